The molecule has 1 spiro atoms. The summed E-state index contributed by atoms with van der Waals surface area (Å²) in [6.07, 6.45) is 1.89. The number of hydrogen-bond donors (Lipinski definition) is 2. The van der Waals surface area contributed by atoms with E-state index < -0.39 is 17.7 Å². The van der Waals surface area contributed by atoms with E-state index >= 15 is 0 Å². The topological polar surface area (TPSA) is 126 Å². The van der Waals surface area contributed by atoms with Crippen molar-refractivity contribution >= 4 is 24.2 Å². The highest BCUT2D eigenvalue weighted by Gasteiger charge is 2.47. The van der Waals surface area contributed by atoms with Crippen LogP contribution in [0.15, 0.2) is 5.10 Å². The minimum Gasteiger partial charge on any atom is -0.480 e. The van der Waals surface area contributed by atoms with Crippen molar-refractivity contribution in [1.29, 1.82) is 0 Å². The molecule has 9 nitrogen and oxygen atoms in total. The fraction of sp³-hybridized carbons (Fsp3) is 0.667. The van der Waals surface area contributed by atoms with Gasteiger partial charge in [-0.2, -0.15) is 5.10 Å². The second-order valence-electron chi connectivity index (χ2n) is 5.22. The maximum Gasteiger partial charge on any atom is 0.411 e. The number of carboxylic acids is 1. The summed E-state index contributed by atoms with van der Waals surface area (Å²) in [5, 5.41) is 12.0. The highest BCUT2D eigenvalue weighted by molar-refractivity contribution is 5.89. The first-order chi connectivity index (χ1) is 9.96. The van der Waals surface area contributed by atoms with E-state index in [-0.39, 0.29) is 25.4 Å². The lowest BCUT2D eigenvalue weighted by Gasteiger charge is -2.37. The quantitative estimate of drug-likeness (QED) is 0.398. The zero-order chi connectivity index (χ0) is 15.5. The van der Waals surface area contributed by atoms with Gasteiger partial charge >= 0.3 is 12.1 Å². The highest BCUT2D eigenvalue weighted by Crippen LogP contribution is 2.33. The summed E-state index contributed by atoms with van der Waals surface area (Å²) in [6, 6.07) is 0. The summed E-state index contributed by atoms with van der Waals surface area (Å²) in [5.74, 6) is 3.81. The van der Waals surface area contributed by atoms with Crippen LogP contribution in [-0.2, 0) is 14.3 Å². The van der Waals surface area contributed by atoms with Crippen LogP contribution in [0.4, 0.5) is 4.79 Å². The van der Waals surface area contributed by atoms with Crippen molar-refractivity contribution in [3.63, 3.8) is 0 Å². The number of piperidine rings is 1. The van der Waals surface area contributed by atoms with Gasteiger partial charge in [-0.3, -0.25) is 14.5 Å². The minimum absolute atomic E-state index is 0.0780. The molecule has 2 aliphatic heterocycles. The zero-order valence-electron chi connectivity index (χ0n) is 11.5. The molecule has 2 saturated heterocycles. The minimum atomic E-state index is -1.07. The Morgan fingerprint density at radius 3 is 2.67 bits per heavy atom. The predicted octanol–water partition coefficient (Wildman–Crippen LogP) is -0.781. The van der Waals surface area contributed by atoms with E-state index in [9.17, 15) is 14.4 Å². The Labute approximate surface area is 121 Å². The van der Waals surface area contributed by atoms with Crippen molar-refractivity contribution in [2.45, 2.75) is 24.9 Å². The number of amides is 2. The molecule has 2 fully saturated rings. The number of hydrogen-bond acceptors (Lipinski definition) is 6. The van der Waals surface area contributed by atoms with Gasteiger partial charge in [0.25, 0.3) is 0 Å². The third-order valence-electron chi connectivity index (χ3n) is 3.77. The number of carbonyl (C=O) groups excluding carboxylic acids is 2. The smallest absolute Gasteiger partial charge is 0.411 e. The van der Waals surface area contributed by atoms with Gasteiger partial charge in [-0.15, -0.1) is 0 Å². The Morgan fingerprint density at radius 1 is 1.43 bits per heavy atom. The van der Waals surface area contributed by atoms with Gasteiger partial charge in [0.05, 0.1) is 13.0 Å². The molecule has 2 aliphatic rings. The summed E-state index contributed by atoms with van der Waals surface area (Å²) in [5.41, 5.74) is -0.675. The van der Waals surface area contributed by atoms with Gasteiger partial charge in [0.15, 0.2) is 0 Å². The summed E-state index contributed by atoms with van der Waals surface area (Å²) in [7, 11) is 0. The van der Waals surface area contributed by atoms with Crippen molar-refractivity contribution in [3.05, 3.63) is 0 Å². The van der Waals surface area contributed by atoms with Gasteiger partial charge in [-0.1, -0.05) is 0 Å². The third-order valence-corrected chi connectivity index (χ3v) is 3.77. The molecule has 9 heteroatoms. The highest BCUT2D eigenvalue weighted by atomic mass is 16.6. The van der Waals surface area contributed by atoms with Gasteiger partial charge in [-0.05, 0) is 0 Å². The lowest BCUT2D eigenvalue weighted by molar-refractivity contribution is -0.137. The van der Waals surface area contributed by atoms with Gasteiger partial charge < -0.3 is 20.6 Å². The average molecular weight is 298 g/mol. The number of aliphatic carboxylic acids is 1. The Balaban J connectivity index is 1.90. The third kappa shape index (κ3) is 3.41. The summed E-state index contributed by atoms with van der Waals surface area (Å²) in [6.45, 7) is 0.817. The summed E-state index contributed by atoms with van der Waals surface area (Å²) >= 11 is 0. The standard InChI is InChI=1S/C12H18N4O5/c13-14-4-1-9(17)15-5-2-12(3-6-15)8-16(7-10(18)19)11(20)21-12/h4H,1-3,5-8,13H2,(H,18,19). The van der Waals surface area contributed by atoms with Crippen LogP contribution in [0, 0.1) is 0 Å². The molecule has 2 amide bonds. The van der Waals surface area contributed by atoms with E-state index in [0.29, 0.717) is 25.9 Å². The SMILES string of the molecule is NN=CCC(=O)N1CCC2(CC1)CN(CC(=O)O)C(=O)O2. The summed E-state index contributed by atoms with van der Waals surface area (Å²) < 4.78 is 5.35. The van der Waals surface area contributed by atoms with E-state index in [0.717, 1.165) is 0 Å². The number of nitrogens with two attached hydrogens (primary N) is 1. The van der Waals surface area contributed by atoms with Crippen LogP contribution >= 0.6 is 0 Å². The molecule has 2 heterocycles. The molecule has 116 valence electrons. The maximum atomic E-state index is 11.8. The lowest BCUT2D eigenvalue weighted by atomic mass is 9.91. The number of carbonyl (C=O) groups is 3. The molecule has 0 aliphatic carbocycles. The molecule has 0 bridgehead atoms. The second kappa shape index (κ2) is 5.98. The van der Waals surface area contributed by atoms with E-state index in [4.69, 9.17) is 15.7 Å². The molecule has 0 unspecified atom stereocenters. The molecule has 3 N–H and O–H groups in total. The van der Waals surface area contributed by atoms with Crippen LogP contribution in [0.5, 0.6) is 0 Å². The van der Waals surface area contributed by atoms with Gasteiger partial charge in [-0.25, -0.2) is 4.79 Å². The number of carboxylic acid groups (broad SMARTS) is 1. The van der Waals surface area contributed by atoms with Gasteiger partial charge in [0.1, 0.15) is 12.1 Å². The Bertz CT molecular complexity index is 470. The number of nitrogens with zero attached hydrogens (tertiary/aromatic N) is 3. The van der Waals surface area contributed by atoms with Crippen molar-refractivity contribution in [1.82, 2.24) is 9.80 Å². The molecular weight excluding hydrogens is 280 g/mol. The van der Waals surface area contributed by atoms with E-state index in [1.54, 1.807) is 4.90 Å². The van der Waals surface area contributed by atoms with Crippen molar-refractivity contribution in [2.24, 2.45) is 10.9 Å². The van der Waals surface area contributed by atoms with Gasteiger partial charge in [0, 0.05) is 32.1 Å². The molecule has 21 heavy (non-hydrogen) atoms. The van der Waals surface area contributed by atoms with Crippen molar-refractivity contribution in [3.8, 4) is 0 Å². The molecule has 0 aromatic rings. The Kier molecular flexibility index (Phi) is 4.29. The number of ether oxygens (including phenoxy) is 1. The largest absolute Gasteiger partial charge is 0.480 e. The van der Waals surface area contributed by atoms with Crippen LogP contribution in [0.25, 0.3) is 0 Å². The molecule has 2 rings (SSSR count). The van der Waals surface area contributed by atoms with Gasteiger partial charge in [0.2, 0.25) is 5.91 Å². The second-order valence-corrected chi connectivity index (χ2v) is 5.22. The number of hydrazone groups is 1. The predicted molar refractivity (Wildman–Crippen MR) is 71.5 cm³/mol. The summed E-state index contributed by atoms with van der Waals surface area (Å²) in [4.78, 5) is 37.0. The molecular formula is C12H18N4O5. The van der Waals surface area contributed by atoms with Crippen LogP contribution in [-0.4, -0.2) is 70.9 Å². The Hall–Kier alpha value is -2.32. The van der Waals surface area contributed by atoms with E-state index in [1.165, 1.54) is 11.1 Å². The molecule has 0 saturated carbocycles. The first-order valence-corrected chi connectivity index (χ1v) is 6.65. The number of likely N-dealkylation sites (tertiary alicyclic amines) is 1. The average Bonchev–Trinajstić information content (AvgIpc) is 2.72. The van der Waals surface area contributed by atoms with E-state index in [1.807, 2.05) is 0 Å². The maximum absolute atomic E-state index is 11.8. The fourth-order valence-electron chi connectivity index (χ4n) is 2.66. The monoisotopic (exact) mass is 298 g/mol. The zero-order valence-corrected chi connectivity index (χ0v) is 11.5. The lowest BCUT2D eigenvalue weighted by Crippen LogP contribution is -2.49. The molecule has 0 atom stereocenters. The van der Waals surface area contributed by atoms with Crippen LogP contribution in [0.3, 0.4) is 0 Å². The number of rotatable bonds is 4. The van der Waals surface area contributed by atoms with Crippen molar-refractivity contribution < 1.29 is 24.2 Å². The molecule has 0 aromatic carbocycles. The van der Waals surface area contributed by atoms with Crippen molar-refractivity contribution in [2.75, 3.05) is 26.2 Å². The molecule has 0 radical (unpaired) electrons. The van der Waals surface area contributed by atoms with Crippen LogP contribution in [0.2, 0.25) is 0 Å². The normalized spacial score (nSPS) is 21.0. The van der Waals surface area contributed by atoms with Crippen LogP contribution < -0.4 is 5.84 Å². The first kappa shape index (κ1) is 15.1. The molecule has 0 aromatic heterocycles. The van der Waals surface area contributed by atoms with Crippen LogP contribution in [0.1, 0.15) is 19.3 Å². The first-order valence-electron chi connectivity index (χ1n) is 6.65. The Morgan fingerprint density at radius 2 is 2.10 bits per heavy atom. The fourth-order valence-corrected chi connectivity index (χ4v) is 2.66. The van der Waals surface area contributed by atoms with E-state index in [2.05, 4.69) is 5.10 Å².